The maximum Gasteiger partial charge on any atom is 0.242 e. The van der Waals surface area contributed by atoms with Gasteiger partial charge in [0.25, 0.3) is 0 Å². The predicted octanol–water partition coefficient (Wildman–Crippen LogP) is 2.57. The molecule has 96 valence electrons. The first-order valence-electron chi connectivity index (χ1n) is 5.53. The first kappa shape index (κ1) is 14.0. The maximum atomic E-state index is 13.0. The number of methoxy groups -OCH3 is 1. The van der Waals surface area contributed by atoms with Crippen LogP contribution in [-0.4, -0.2) is 13.0 Å². The highest BCUT2D eigenvalue weighted by Gasteiger charge is 2.22. The van der Waals surface area contributed by atoms with Crippen LogP contribution in [0.25, 0.3) is 0 Å². The van der Waals surface area contributed by atoms with Crippen LogP contribution in [0.1, 0.15) is 13.8 Å². The van der Waals surface area contributed by atoms with Crippen LogP contribution in [0.4, 0.5) is 10.1 Å². The van der Waals surface area contributed by atoms with Gasteiger partial charge in [0, 0.05) is 6.07 Å². The van der Waals surface area contributed by atoms with Crippen molar-refractivity contribution in [1.29, 1.82) is 5.26 Å². The first-order valence-corrected chi connectivity index (χ1v) is 5.53. The van der Waals surface area contributed by atoms with E-state index in [1.165, 1.54) is 25.3 Å². The van der Waals surface area contributed by atoms with Crippen LogP contribution in [0.2, 0.25) is 0 Å². The molecule has 0 aromatic heterocycles. The van der Waals surface area contributed by atoms with Gasteiger partial charge in [-0.25, -0.2) is 4.39 Å². The van der Waals surface area contributed by atoms with E-state index >= 15 is 0 Å². The number of nitrogens with one attached hydrogen (secondary N) is 1. The third-order valence-corrected chi connectivity index (χ3v) is 2.51. The molecule has 1 N–H and O–H groups in total. The lowest BCUT2D eigenvalue weighted by Crippen LogP contribution is -2.25. The zero-order valence-electron chi connectivity index (χ0n) is 10.5. The summed E-state index contributed by atoms with van der Waals surface area (Å²) in [5.41, 5.74) is 0.352. The highest BCUT2D eigenvalue weighted by Crippen LogP contribution is 2.26. The zero-order chi connectivity index (χ0) is 13.7. The van der Waals surface area contributed by atoms with Crippen molar-refractivity contribution < 1.29 is 13.9 Å². The highest BCUT2D eigenvalue weighted by molar-refractivity contribution is 5.95. The van der Waals surface area contributed by atoms with Crippen LogP contribution in [0, 0.1) is 29.0 Å². The Morgan fingerprint density at radius 2 is 2.17 bits per heavy atom. The van der Waals surface area contributed by atoms with Crippen molar-refractivity contribution in [1.82, 2.24) is 0 Å². The molecule has 1 unspecified atom stereocenters. The molecule has 0 heterocycles. The topological polar surface area (TPSA) is 62.1 Å². The van der Waals surface area contributed by atoms with E-state index in [0.717, 1.165) is 0 Å². The van der Waals surface area contributed by atoms with Crippen molar-refractivity contribution in [2.24, 2.45) is 11.8 Å². The molecule has 0 aliphatic rings. The van der Waals surface area contributed by atoms with Crippen molar-refractivity contribution in [2.45, 2.75) is 13.8 Å². The Morgan fingerprint density at radius 3 is 2.67 bits per heavy atom. The van der Waals surface area contributed by atoms with Gasteiger partial charge in [-0.15, -0.1) is 0 Å². The van der Waals surface area contributed by atoms with Crippen molar-refractivity contribution in [2.75, 3.05) is 12.4 Å². The van der Waals surface area contributed by atoms with Crippen LogP contribution >= 0.6 is 0 Å². The molecule has 0 bridgehead atoms. The lowest BCUT2D eigenvalue weighted by molar-refractivity contribution is -0.119. The molecule has 0 saturated heterocycles. The van der Waals surface area contributed by atoms with E-state index in [1.807, 2.05) is 6.07 Å². The monoisotopic (exact) mass is 250 g/mol. The minimum absolute atomic E-state index is 0.0959. The molecule has 1 rings (SSSR count). The summed E-state index contributed by atoms with van der Waals surface area (Å²) in [6.07, 6.45) is 0. The summed E-state index contributed by atoms with van der Waals surface area (Å²) in [7, 11) is 1.38. The van der Waals surface area contributed by atoms with Crippen LogP contribution in [-0.2, 0) is 4.79 Å². The molecule has 0 aliphatic heterocycles. The van der Waals surface area contributed by atoms with Crippen LogP contribution < -0.4 is 10.1 Å². The summed E-state index contributed by atoms with van der Waals surface area (Å²) in [6, 6.07) is 5.74. The fourth-order valence-electron chi connectivity index (χ4n) is 1.49. The van der Waals surface area contributed by atoms with Crippen LogP contribution in [0.3, 0.4) is 0 Å². The SMILES string of the molecule is COc1cc(F)ccc1NC(=O)C(C#N)C(C)C. The van der Waals surface area contributed by atoms with Gasteiger partial charge in [0.2, 0.25) is 5.91 Å². The van der Waals surface area contributed by atoms with Gasteiger partial charge in [0.1, 0.15) is 17.5 Å². The number of nitrogens with zero attached hydrogens (tertiary/aromatic N) is 1. The summed E-state index contributed by atoms with van der Waals surface area (Å²) in [5.74, 6) is -1.49. The number of ether oxygens (including phenoxy) is 1. The molecule has 4 nitrogen and oxygen atoms in total. The normalized spacial score (nSPS) is 11.8. The van der Waals surface area contributed by atoms with Crippen molar-refractivity contribution in [3.05, 3.63) is 24.0 Å². The molecule has 0 fully saturated rings. The number of carbonyl (C=O) groups is 1. The van der Waals surface area contributed by atoms with Gasteiger partial charge < -0.3 is 10.1 Å². The molecular formula is C13H15FN2O2. The molecule has 0 spiro atoms. The quantitative estimate of drug-likeness (QED) is 0.893. The molecule has 1 aromatic carbocycles. The largest absolute Gasteiger partial charge is 0.494 e. The average molecular weight is 250 g/mol. The summed E-state index contributed by atoms with van der Waals surface area (Å²) in [4.78, 5) is 11.9. The minimum atomic E-state index is -0.750. The van der Waals surface area contributed by atoms with Gasteiger partial charge in [0.15, 0.2) is 0 Å². The third kappa shape index (κ3) is 3.20. The smallest absolute Gasteiger partial charge is 0.242 e. The van der Waals surface area contributed by atoms with Crippen LogP contribution in [0.5, 0.6) is 5.75 Å². The number of hydrogen-bond acceptors (Lipinski definition) is 3. The molecule has 1 aromatic rings. The second-order valence-corrected chi connectivity index (χ2v) is 4.18. The highest BCUT2D eigenvalue weighted by atomic mass is 19.1. The van der Waals surface area contributed by atoms with Crippen LogP contribution in [0.15, 0.2) is 18.2 Å². The average Bonchev–Trinajstić information content (AvgIpc) is 2.31. The Kier molecular flexibility index (Phi) is 4.67. The third-order valence-electron chi connectivity index (χ3n) is 2.51. The number of rotatable bonds is 4. The number of nitriles is 1. The van der Waals surface area contributed by atoms with Gasteiger partial charge in [0.05, 0.1) is 18.9 Å². The molecular weight excluding hydrogens is 235 g/mol. The molecule has 1 amide bonds. The van der Waals surface area contributed by atoms with Gasteiger partial charge in [-0.05, 0) is 18.1 Å². The van der Waals surface area contributed by atoms with Crippen molar-refractivity contribution in [3.63, 3.8) is 0 Å². The second kappa shape index (κ2) is 6.01. The minimum Gasteiger partial charge on any atom is -0.494 e. The van der Waals surface area contributed by atoms with E-state index in [-0.39, 0.29) is 11.7 Å². The fraction of sp³-hybridized carbons (Fsp3) is 0.385. The van der Waals surface area contributed by atoms with Crippen molar-refractivity contribution >= 4 is 11.6 Å². The standard InChI is InChI=1S/C13H15FN2O2/c1-8(2)10(7-15)13(17)16-11-5-4-9(14)6-12(11)18-3/h4-6,8,10H,1-3H3,(H,16,17). The van der Waals surface area contributed by atoms with E-state index in [9.17, 15) is 9.18 Å². The summed E-state index contributed by atoms with van der Waals surface area (Å²) in [6.45, 7) is 3.57. The van der Waals surface area contributed by atoms with E-state index in [4.69, 9.17) is 10.00 Å². The Morgan fingerprint density at radius 1 is 1.50 bits per heavy atom. The van der Waals surface area contributed by atoms with Gasteiger partial charge in [-0.3, -0.25) is 4.79 Å². The van der Waals surface area contributed by atoms with Crippen molar-refractivity contribution in [3.8, 4) is 11.8 Å². The Bertz CT molecular complexity index is 480. The molecule has 0 radical (unpaired) electrons. The number of hydrogen-bond donors (Lipinski definition) is 1. The maximum absolute atomic E-state index is 13.0. The Hall–Kier alpha value is -2.09. The van der Waals surface area contributed by atoms with Gasteiger partial charge in [-0.1, -0.05) is 13.8 Å². The first-order chi connectivity index (χ1) is 8.49. The molecule has 18 heavy (non-hydrogen) atoms. The molecule has 0 saturated carbocycles. The zero-order valence-corrected chi connectivity index (χ0v) is 10.5. The number of carbonyl (C=O) groups excluding carboxylic acids is 1. The summed E-state index contributed by atoms with van der Waals surface area (Å²) in [5, 5.41) is 11.5. The Balaban J connectivity index is 2.91. The second-order valence-electron chi connectivity index (χ2n) is 4.18. The molecule has 5 heteroatoms. The lowest BCUT2D eigenvalue weighted by Gasteiger charge is -2.15. The Labute approximate surface area is 105 Å². The predicted molar refractivity (Wildman–Crippen MR) is 65.5 cm³/mol. The van der Waals surface area contributed by atoms with E-state index < -0.39 is 17.6 Å². The number of halogens is 1. The number of anilines is 1. The number of benzene rings is 1. The van der Waals surface area contributed by atoms with Gasteiger partial charge in [-0.2, -0.15) is 5.26 Å². The van der Waals surface area contributed by atoms with E-state index in [1.54, 1.807) is 13.8 Å². The lowest BCUT2D eigenvalue weighted by atomic mass is 9.96. The molecule has 1 atom stereocenters. The summed E-state index contributed by atoms with van der Waals surface area (Å²) >= 11 is 0. The molecule has 0 aliphatic carbocycles. The van der Waals surface area contributed by atoms with Gasteiger partial charge >= 0.3 is 0 Å². The van der Waals surface area contributed by atoms with E-state index in [0.29, 0.717) is 5.69 Å². The summed E-state index contributed by atoms with van der Waals surface area (Å²) < 4.78 is 17.9. The number of amides is 1. The fourth-order valence-corrected chi connectivity index (χ4v) is 1.49. The van der Waals surface area contributed by atoms with E-state index in [2.05, 4.69) is 5.32 Å².